The first-order valence-corrected chi connectivity index (χ1v) is 14.6. The molecule has 2 aliphatic carbocycles. The van der Waals surface area contributed by atoms with Gasteiger partial charge >= 0.3 is 0 Å². The molecule has 0 aromatic heterocycles. The van der Waals surface area contributed by atoms with Gasteiger partial charge in [0.1, 0.15) is 6.04 Å². The second-order valence-electron chi connectivity index (χ2n) is 11.4. The number of amides is 4. The summed E-state index contributed by atoms with van der Waals surface area (Å²) < 4.78 is 0. The molecule has 1 saturated heterocycles. The molecule has 1 heterocycles. The molecule has 1 unspecified atom stereocenters. The first kappa shape index (κ1) is 27.8. The zero-order valence-electron chi connectivity index (χ0n) is 23.3. The third-order valence-electron chi connectivity index (χ3n) is 8.59. The highest BCUT2D eigenvalue weighted by Crippen LogP contribution is 2.35. The molecule has 1 saturated carbocycles. The predicted octanol–water partition coefficient (Wildman–Crippen LogP) is 4.34. The molecular formula is C33H39N3O4. The Bertz CT molecular complexity index is 1220. The molecule has 1 aliphatic heterocycles. The molecule has 40 heavy (non-hydrogen) atoms. The third-order valence-corrected chi connectivity index (χ3v) is 8.59. The van der Waals surface area contributed by atoms with Gasteiger partial charge in [-0.2, -0.15) is 0 Å². The van der Waals surface area contributed by atoms with Crippen LogP contribution in [0.2, 0.25) is 0 Å². The molecule has 7 heteroatoms. The minimum atomic E-state index is -0.714. The average Bonchev–Trinajstić information content (AvgIpc) is 3.57. The Morgan fingerprint density at radius 3 is 2.15 bits per heavy atom. The van der Waals surface area contributed by atoms with Crippen LogP contribution in [0.15, 0.2) is 66.7 Å². The second kappa shape index (κ2) is 12.6. The number of allylic oxidation sites excluding steroid dienone is 2. The fraction of sp³-hybridized carbons (Fsp3) is 0.455. The molecule has 210 valence electrons. The molecule has 2 aromatic carbocycles. The maximum absolute atomic E-state index is 14.0. The van der Waals surface area contributed by atoms with Crippen LogP contribution in [-0.2, 0) is 32.1 Å². The zero-order chi connectivity index (χ0) is 28.1. The van der Waals surface area contributed by atoms with Crippen molar-refractivity contribution in [2.24, 2.45) is 11.8 Å². The highest BCUT2D eigenvalue weighted by Gasteiger charge is 2.47. The largest absolute Gasteiger partial charge is 0.352 e. The number of aryl methyl sites for hydroxylation is 1. The Kier molecular flexibility index (Phi) is 8.78. The number of benzene rings is 2. The number of carbonyl (C=O) groups excluding carboxylic acids is 4. The van der Waals surface area contributed by atoms with E-state index in [4.69, 9.17) is 0 Å². The number of carbonyl (C=O) groups is 4. The Morgan fingerprint density at radius 1 is 0.900 bits per heavy atom. The van der Waals surface area contributed by atoms with Crippen LogP contribution in [-0.4, -0.2) is 52.1 Å². The van der Waals surface area contributed by atoms with Crippen LogP contribution in [0.25, 0.3) is 0 Å². The number of likely N-dealkylation sites (tertiary alicyclic amines) is 1. The van der Waals surface area contributed by atoms with Crippen molar-refractivity contribution in [2.45, 2.75) is 76.9 Å². The number of rotatable bonds is 10. The molecule has 3 atom stereocenters. The van der Waals surface area contributed by atoms with E-state index in [1.54, 1.807) is 4.90 Å². The lowest BCUT2D eigenvalue weighted by Gasteiger charge is -2.33. The van der Waals surface area contributed by atoms with E-state index in [0.717, 1.165) is 42.4 Å². The minimum Gasteiger partial charge on any atom is -0.352 e. The van der Waals surface area contributed by atoms with Gasteiger partial charge in [0, 0.05) is 32.0 Å². The molecule has 0 spiro atoms. The van der Waals surface area contributed by atoms with Crippen LogP contribution in [0.5, 0.6) is 0 Å². The number of imide groups is 1. The van der Waals surface area contributed by atoms with Crippen LogP contribution in [0, 0.1) is 18.8 Å². The van der Waals surface area contributed by atoms with E-state index in [2.05, 4.69) is 5.32 Å². The smallest absolute Gasteiger partial charge is 0.243 e. The van der Waals surface area contributed by atoms with E-state index in [1.807, 2.05) is 73.7 Å². The lowest BCUT2D eigenvalue weighted by atomic mass is 9.85. The van der Waals surface area contributed by atoms with Crippen LogP contribution in [0.4, 0.5) is 0 Å². The summed E-state index contributed by atoms with van der Waals surface area (Å²) in [5.74, 6) is -1.40. The lowest BCUT2D eigenvalue weighted by molar-refractivity contribution is -0.144. The highest BCUT2D eigenvalue weighted by atomic mass is 16.2. The van der Waals surface area contributed by atoms with Crippen molar-refractivity contribution >= 4 is 23.6 Å². The number of nitrogens with one attached hydrogen (secondary N) is 1. The van der Waals surface area contributed by atoms with Gasteiger partial charge in [-0.1, -0.05) is 85.2 Å². The van der Waals surface area contributed by atoms with Gasteiger partial charge < -0.3 is 10.2 Å². The fourth-order valence-electron chi connectivity index (χ4n) is 6.25. The van der Waals surface area contributed by atoms with Crippen molar-refractivity contribution in [3.8, 4) is 0 Å². The first-order valence-electron chi connectivity index (χ1n) is 14.6. The summed E-state index contributed by atoms with van der Waals surface area (Å²) in [5, 5.41) is 3.22. The van der Waals surface area contributed by atoms with Gasteiger partial charge in [0.2, 0.25) is 23.6 Å². The molecular weight excluding hydrogens is 502 g/mol. The SMILES string of the molecule is Cc1ccc(CN(C(=O)CCN2C(=O)[C@H]3CC=CC[C@H]3C2=O)C(Cc2ccccc2)C(=O)NC2CCCC2)cc1. The van der Waals surface area contributed by atoms with Crippen molar-refractivity contribution in [1.82, 2.24) is 15.1 Å². The van der Waals surface area contributed by atoms with Crippen LogP contribution < -0.4 is 5.32 Å². The summed E-state index contributed by atoms with van der Waals surface area (Å²) in [6, 6.07) is 17.1. The standard InChI is InChI=1S/C33H39N3O4/c1-23-15-17-25(18-16-23)22-36(30(37)19-20-35-32(39)27-13-7-8-14-28(27)33(35)40)29(21-24-9-3-2-4-10-24)31(38)34-26-11-5-6-12-26/h2-4,7-10,15-18,26-29H,5-6,11-14,19-22H2,1H3,(H,34,38)/t27-,28+,29?. The van der Waals surface area contributed by atoms with E-state index in [0.29, 0.717) is 19.3 Å². The van der Waals surface area contributed by atoms with Gasteiger partial charge in [-0.05, 0) is 43.7 Å². The van der Waals surface area contributed by atoms with Gasteiger partial charge in [-0.15, -0.1) is 0 Å². The molecule has 4 amide bonds. The zero-order valence-corrected chi connectivity index (χ0v) is 23.3. The number of nitrogens with zero attached hydrogens (tertiary/aromatic N) is 2. The lowest BCUT2D eigenvalue weighted by Crippen LogP contribution is -2.52. The summed E-state index contributed by atoms with van der Waals surface area (Å²) in [5.41, 5.74) is 3.01. The Hall–Kier alpha value is -3.74. The molecule has 5 rings (SSSR count). The number of hydrogen-bond acceptors (Lipinski definition) is 4. The quantitative estimate of drug-likeness (QED) is 0.358. The van der Waals surface area contributed by atoms with Crippen molar-refractivity contribution in [1.29, 1.82) is 0 Å². The van der Waals surface area contributed by atoms with Crippen LogP contribution in [0.1, 0.15) is 61.6 Å². The summed E-state index contributed by atoms with van der Waals surface area (Å²) >= 11 is 0. The molecule has 0 radical (unpaired) electrons. The van der Waals surface area contributed by atoms with E-state index >= 15 is 0 Å². The Labute approximate surface area is 236 Å². The molecule has 1 N–H and O–H groups in total. The van der Waals surface area contributed by atoms with Gasteiger partial charge in [0.05, 0.1) is 11.8 Å². The maximum atomic E-state index is 14.0. The fourth-order valence-corrected chi connectivity index (χ4v) is 6.25. The summed E-state index contributed by atoms with van der Waals surface area (Å²) in [7, 11) is 0. The van der Waals surface area contributed by atoms with Gasteiger partial charge in [0.15, 0.2) is 0 Å². The molecule has 7 nitrogen and oxygen atoms in total. The monoisotopic (exact) mass is 541 g/mol. The Balaban J connectivity index is 1.38. The first-order chi connectivity index (χ1) is 19.4. The van der Waals surface area contributed by atoms with Gasteiger partial charge in [-0.3, -0.25) is 24.1 Å². The minimum absolute atomic E-state index is 0.0157. The molecule has 2 fully saturated rings. The van der Waals surface area contributed by atoms with Crippen molar-refractivity contribution in [2.75, 3.05) is 6.54 Å². The third kappa shape index (κ3) is 6.35. The van der Waals surface area contributed by atoms with E-state index in [-0.39, 0.29) is 61.0 Å². The van der Waals surface area contributed by atoms with E-state index in [1.165, 1.54) is 4.90 Å². The number of hydrogen-bond donors (Lipinski definition) is 1. The summed E-state index contributed by atoms with van der Waals surface area (Å²) in [4.78, 5) is 56.7. The van der Waals surface area contributed by atoms with Crippen molar-refractivity contribution < 1.29 is 19.2 Å². The van der Waals surface area contributed by atoms with Crippen molar-refractivity contribution in [3.63, 3.8) is 0 Å². The van der Waals surface area contributed by atoms with Gasteiger partial charge in [0.25, 0.3) is 0 Å². The Morgan fingerprint density at radius 2 is 1.52 bits per heavy atom. The average molecular weight is 542 g/mol. The van der Waals surface area contributed by atoms with Crippen LogP contribution >= 0.6 is 0 Å². The normalized spacial score (nSPS) is 21.4. The molecule has 0 bridgehead atoms. The topological polar surface area (TPSA) is 86.8 Å². The highest BCUT2D eigenvalue weighted by molar-refractivity contribution is 6.05. The maximum Gasteiger partial charge on any atom is 0.243 e. The van der Waals surface area contributed by atoms with Crippen LogP contribution in [0.3, 0.4) is 0 Å². The molecule has 3 aliphatic rings. The van der Waals surface area contributed by atoms with Gasteiger partial charge in [-0.25, -0.2) is 0 Å². The summed E-state index contributed by atoms with van der Waals surface area (Å²) in [6.45, 7) is 2.32. The summed E-state index contributed by atoms with van der Waals surface area (Å²) in [6.07, 6.45) is 9.51. The number of fused-ring (bicyclic) bond motifs is 1. The van der Waals surface area contributed by atoms with Crippen molar-refractivity contribution in [3.05, 3.63) is 83.4 Å². The predicted molar refractivity (Wildman–Crippen MR) is 153 cm³/mol. The molecule has 2 aromatic rings. The van der Waals surface area contributed by atoms with E-state index < -0.39 is 6.04 Å². The van der Waals surface area contributed by atoms with E-state index in [9.17, 15) is 19.2 Å². The second-order valence-corrected chi connectivity index (χ2v) is 11.4.